The molecule has 148 valence electrons. The Bertz CT molecular complexity index is 881. The normalized spacial score (nSPS) is 10.6. The standard InChI is InChI=1S/C21H23FN2O4/c1-4-27-19-10-6-15(12-20(19)28-5-2)7-11-21(26)24-18-13-16(23-14(3)25)8-9-17(18)22/h6-13H,4-5H2,1-3H3,(H,23,25)(H,24,26)/b11-7+. The summed E-state index contributed by atoms with van der Waals surface area (Å²) in [4.78, 5) is 23.3. The number of carbonyl (C=O) groups excluding carboxylic acids is 2. The number of hydrogen-bond donors (Lipinski definition) is 2. The summed E-state index contributed by atoms with van der Waals surface area (Å²) in [5.74, 6) is -0.186. The van der Waals surface area contributed by atoms with Crippen molar-refractivity contribution in [2.75, 3.05) is 23.8 Å². The van der Waals surface area contributed by atoms with E-state index < -0.39 is 11.7 Å². The van der Waals surface area contributed by atoms with Gasteiger partial charge >= 0.3 is 0 Å². The van der Waals surface area contributed by atoms with E-state index in [0.29, 0.717) is 30.4 Å². The SMILES string of the molecule is CCOc1ccc(/C=C/C(=O)Nc2cc(NC(C)=O)ccc2F)cc1OCC. The lowest BCUT2D eigenvalue weighted by Gasteiger charge is -2.11. The lowest BCUT2D eigenvalue weighted by atomic mass is 10.2. The number of anilines is 2. The number of halogens is 1. The third-order valence-corrected chi connectivity index (χ3v) is 3.54. The number of rotatable bonds is 8. The summed E-state index contributed by atoms with van der Waals surface area (Å²) in [6.07, 6.45) is 2.87. The Morgan fingerprint density at radius 2 is 1.71 bits per heavy atom. The summed E-state index contributed by atoms with van der Waals surface area (Å²) in [6, 6.07) is 9.25. The first-order valence-corrected chi connectivity index (χ1v) is 8.88. The van der Waals surface area contributed by atoms with E-state index in [-0.39, 0.29) is 11.6 Å². The first-order valence-electron chi connectivity index (χ1n) is 8.88. The fraction of sp³-hybridized carbons (Fsp3) is 0.238. The Labute approximate surface area is 163 Å². The van der Waals surface area contributed by atoms with Gasteiger partial charge in [0.05, 0.1) is 18.9 Å². The van der Waals surface area contributed by atoms with Crippen LogP contribution in [-0.2, 0) is 9.59 Å². The molecule has 0 aliphatic rings. The summed E-state index contributed by atoms with van der Waals surface area (Å²) < 4.78 is 25.0. The second-order valence-electron chi connectivity index (χ2n) is 5.77. The zero-order chi connectivity index (χ0) is 20.5. The molecule has 0 aliphatic heterocycles. The molecule has 2 aromatic rings. The van der Waals surface area contributed by atoms with Gasteiger partial charge in [-0.2, -0.15) is 0 Å². The van der Waals surface area contributed by atoms with Crippen LogP contribution in [0.1, 0.15) is 26.3 Å². The van der Waals surface area contributed by atoms with Gasteiger partial charge in [-0.25, -0.2) is 4.39 Å². The second kappa shape index (κ2) is 10.1. The Morgan fingerprint density at radius 1 is 1.00 bits per heavy atom. The Balaban J connectivity index is 2.11. The quantitative estimate of drug-likeness (QED) is 0.666. The van der Waals surface area contributed by atoms with Crippen molar-refractivity contribution in [1.82, 2.24) is 0 Å². The minimum absolute atomic E-state index is 0.0254. The largest absolute Gasteiger partial charge is 0.490 e. The van der Waals surface area contributed by atoms with Crippen LogP contribution in [0, 0.1) is 5.82 Å². The molecule has 2 aromatic carbocycles. The van der Waals surface area contributed by atoms with Crippen molar-refractivity contribution in [2.45, 2.75) is 20.8 Å². The Kier molecular flexibility index (Phi) is 7.56. The maximum atomic E-state index is 13.9. The van der Waals surface area contributed by atoms with Crippen LogP contribution in [-0.4, -0.2) is 25.0 Å². The van der Waals surface area contributed by atoms with E-state index in [1.165, 1.54) is 31.2 Å². The summed E-state index contributed by atoms with van der Waals surface area (Å²) in [7, 11) is 0. The highest BCUT2D eigenvalue weighted by atomic mass is 19.1. The Hall–Kier alpha value is -3.35. The zero-order valence-corrected chi connectivity index (χ0v) is 16.0. The molecule has 0 saturated carbocycles. The molecule has 2 amide bonds. The van der Waals surface area contributed by atoms with Gasteiger partial charge in [0, 0.05) is 18.7 Å². The van der Waals surface area contributed by atoms with Gasteiger partial charge in [-0.05, 0) is 55.8 Å². The molecule has 7 heteroatoms. The monoisotopic (exact) mass is 386 g/mol. The average molecular weight is 386 g/mol. The molecule has 0 atom stereocenters. The average Bonchev–Trinajstić information content (AvgIpc) is 2.64. The smallest absolute Gasteiger partial charge is 0.248 e. The number of benzene rings is 2. The molecule has 0 heterocycles. The van der Waals surface area contributed by atoms with Gasteiger partial charge in [-0.1, -0.05) is 6.07 Å². The maximum Gasteiger partial charge on any atom is 0.248 e. The Morgan fingerprint density at radius 3 is 2.39 bits per heavy atom. The summed E-state index contributed by atoms with van der Waals surface area (Å²) >= 11 is 0. The predicted octanol–water partition coefficient (Wildman–Crippen LogP) is 4.23. The van der Waals surface area contributed by atoms with Gasteiger partial charge in [-0.15, -0.1) is 0 Å². The number of ether oxygens (including phenoxy) is 2. The van der Waals surface area contributed by atoms with Gasteiger partial charge in [0.1, 0.15) is 5.82 Å². The molecule has 0 radical (unpaired) electrons. The number of nitrogens with one attached hydrogen (secondary N) is 2. The van der Waals surface area contributed by atoms with E-state index in [0.717, 1.165) is 5.56 Å². The molecule has 0 bridgehead atoms. The lowest BCUT2D eigenvalue weighted by molar-refractivity contribution is -0.114. The van der Waals surface area contributed by atoms with Crippen molar-refractivity contribution >= 4 is 29.3 Å². The highest BCUT2D eigenvalue weighted by molar-refractivity contribution is 6.02. The number of hydrogen-bond acceptors (Lipinski definition) is 4. The van der Waals surface area contributed by atoms with E-state index in [4.69, 9.17) is 9.47 Å². The van der Waals surface area contributed by atoms with Crippen LogP contribution >= 0.6 is 0 Å². The van der Waals surface area contributed by atoms with Crippen LogP contribution in [0.2, 0.25) is 0 Å². The lowest BCUT2D eigenvalue weighted by Crippen LogP contribution is -2.11. The molecule has 0 spiro atoms. The highest BCUT2D eigenvalue weighted by Crippen LogP contribution is 2.29. The molecular weight excluding hydrogens is 363 g/mol. The van der Waals surface area contributed by atoms with Crippen molar-refractivity contribution in [1.29, 1.82) is 0 Å². The van der Waals surface area contributed by atoms with Gasteiger partial charge in [0.25, 0.3) is 0 Å². The maximum absolute atomic E-state index is 13.9. The molecule has 0 fully saturated rings. The molecular formula is C21H23FN2O4. The van der Waals surface area contributed by atoms with E-state index in [2.05, 4.69) is 10.6 Å². The summed E-state index contributed by atoms with van der Waals surface area (Å²) in [6.45, 7) is 6.10. The van der Waals surface area contributed by atoms with Gasteiger partial charge in [-0.3, -0.25) is 9.59 Å². The first kappa shape index (κ1) is 21.0. The summed E-state index contributed by atoms with van der Waals surface area (Å²) in [5, 5.41) is 4.99. The molecule has 2 N–H and O–H groups in total. The van der Waals surface area contributed by atoms with Crippen LogP contribution in [0.5, 0.6) is 11.5 Å². The molecule has 28 heavy (non-hydrogen) atoms. The van der Waals surface area contributed by atoms with Crippen molar-refractivity contribution in [3.05, 3.63) is 53.9 Å². The molecule has 0 aromatic heterocycles. The van der Waals surface area contributed by atoms with Crippen LogP contribution < -0.4 is 20.1 Å². The minimum atomic E-state index is -0.601. The van der Waals surface area contributed by atoms with Crippen LogP contribution in [0.25, 0.3) is 6.08 Å². The topological polar surface area (TPSA) is 76.7 Å². The fourth-order valence-corrected chi connectivity index (χ4v) is 2.42. The minimum Gasteiger partial charge on any atom is -0.490 e. The van der Waals surface area contributed by atoms with Crippen molar-refractivity contribution in [2.24, 2.45) is 0 Å². The second-order valence-corrected chi connectivity index (χ2v) is 5.77. The third kappa shape index (κ3) is 6.12. The molecule has 0 saturated heterocycles. The van der Waals surface area contributed by atoms with E-state index in [1.807, 2.05) is 13.8 Å². The predicted molar refractivity (Wildman–Crippen MR) is 107 cm³/mol. The number of carbonyl (C=O) groups is 2. The third-order valence-electron chi connectivity index (χ3n) is 3.54. The van der Waals surface area contributed by atoms with E-state index >= 15 is 0 Å². The zero-order valence-electron chi connectivity index (χ0n) is 16.0. The highest BCUT2D eigenvalue weighted by Gasteiger charge is 2.08. The van der Waals surface area contributed by atoms with Crippen molar-refractivity contribution in [3.8, 4) is 11.5 Å². The van der Waals surface area contributed by atoms with E-state index in [1.54, 1.807) is 24.3 Å². The fourth-order valence-electron chi connectivity index (χ4n) is 2.42. The molecule has 6 nitrogen and oxygen atoms in total. The molecule has 2 rings (SSSR count). The van der Waals surface area contributed by atoms with Crippen molar-refractivity contribution < 1.29 is 23.5 Å². The van der Waals surface area contributed by atoms with Gasteiger partial charge in [0.15, 0.2) is 11.5 Å². The van der Waals surface area contributed by atoms with Gasteiger partial charge in [0.2, 0.25) is 11.8 Å². The molecule has 0 unspecified atom stereocenters. The first-order chi connectivity index (χ1) is 13.4. The van der Waals surface area contributed by atoms with Gasteiger partial charge < -0.3 is 20.1 Å². The van der Waals surface area contributed by atoms with Crippen LogP contribution in [0.15, 0.2) is 42.5 Å². The molecule has 0 aliphatic carbocycles. The van der Waals surface area contributed by atoms with Crippen molar-refractivity contribution in [3.63, 3.8) is 0 Å². The summed E-state index contributed by atoms with van der Waals surface area (Å²) in [5.41, 5.74) is 1.10. The van der Waals surface area contributed by atoms with Crippen LogP contribution in [0.4, 0.5) is 15.8 Å². The number of amides is 2. The van der Waals surface area contributed by atoms with Crippen LogP contribution in [0.3, 0.4) is 0 Å². The van der Waals surface area contributed by atoms with E-state index in [9.17, 15) is 14.0 Å².